The van der Waals surface area contributed by atoms with Gasteiger partial charge in [-0.2, -0.15) is 0 Å². The summed E-state index contributed by atoms with van der Waals surface area (Å²) >= 11 is 12.2. The number of aryl methyl sites for hydroxylation is 1. The van der Waals surface area contributed by atoms with E-state index >= 15 is 0 Å². The summed E-state index contributed by atoms with van der Waals surface area (Å²) in [6, 6.07) is 16.1. The van der Waals surface area contributed by atoms with Gasteiger partial charge >= 0.3 is 5.97 Å². The second kappa shape index (κ2) is 12.0. The van der Waals surface area contributed by atoms with E-state index in [0.29, 0.717) is 35.4 Å². The predicted molar refractivity (Wildman–Crippen MR) is 162 cm³/mol. The maximum atomic E-state index is 11.7. The Morgan fingerprint density at radius 3 is 2.76 bits per heavy atom. The lowest BCUT2D eigenvalue weighted by atomic mass is 10.1. The number of nitrogens with zero attached hydrogens (tertiary/aromatic N) is 6. The van der Waals surface area contributed by atoms with Crippen molar-refractivity contribution in [2.75, 3.05) is 13.1 Å². The average molecular weight is 604 g/mol. The number of rotatable bonds is 10. The molecule has 1 aliphatic rings. The maximum Gasteiger partial charge on any atom is 0.335 e. The quantitative estimate of drug-likeness (QED) is 0.204. The summed E-state index contributed by atoms with van der Waals surface area (Å²) in [7, 11) is 0. The summed E-state index contributed by atoms with van der Waals surface area (Å²) < 4.78 is 10.1. The number of carboxylic acid groups (broad SMARTS) is 1. The molecule has 4 heterocycles. The van der Waals surface area contributed by atoms with E-state index in [1.165, 1.54) is 0 Å². The number of aromatic nitrogens is 5. The largest absolute Gasteiger partial charge is 0.486 e. The van der Waals surface area contributed by atoms with Crippen molar-refractivity contribution in [3.05, 3.63) is 112 Å². The van der Waals surface area contributed by atoms with Crippen molar-refractivity contribution in [1.29, 1.82) is 0 Å². The minimum absolute atomic E-state index is 0.234. The first-order chi connectivity index (χ1) is 20.4. The summed E-state index contributed by atoms with van der Waals surface area (Å²) in [5.41, 5.74) is 5.63. The molecule has 3 aromatic heterocycles. The van der Waals surface area contributed by atoms with E-state index in [9.17, 15) is 9.90 Å². The van der Waals surface area contributed by atoms with Crippen LogP contribution in [0.25, 0.3) is 16.6 Å². The highest BCUT2D eigenvalue weighted by atomic mass is 35.5. The fraction of sp³-hybridized carbons (Fsp3) is 0.226. The lowest BCUT2D eigenvalue weighted by molar-refractivity contribution is 0.0697. The van der Waals surface area contributed by atoms with Crippen LogP contribution in [0.5, 0.6) is 5.75 Å². The first kappa shape index (κ1) is 28.0. The third-order valence-electron chi connectivity index (χ3n) is 7.29. The zero-order chi connectivity index (χ0) is 29.2. The molecule has 2 aromatic carbocycles. The number of aromatic carboxylic acids is 1. The maximum absolute atomic E-state index is 11.7. The van der Waals surface area contributed by atoms with E-state index in [4.69, 9.17) is 37.9 Å². The van der Waals surface area contributed by atoms with Gasteiger partial charge in [-0.1, -0.05) is 35.3 Å². The number of halogens is 2. The fourth-order valence-electron chi connectivity index (χ4n) is 5.13. The van der Waals surface area contributed by atoms with Crippen LogP contribution >= 0.6 is 23.2 Å². The molecule has 0 fully saturated rings. The Hall–Kier alpha value is -4.18. The predicted octanol–water partition coefficient (Wildman–Crippen LogP) is 6.18. The van der Waals surface area contributed by atoms with Gasteiger partial charge in [0, 0.05) is 30.9 Å². The molecular formula is C31H28Cl2N6O3. The van der Waals surface area contributed by atoms with Crippen molar-refractivity contribution >= 4 is 45.8 Å². The Labute approximate surface area is 252 Å². The fourth-order valence-corrected chi connectivity index (χ4v) is 5.59. The monoisotopic (exact) mass is 602 g/mol. The summed E-state index contributed by atoms with van der Waals surface area (Å²) in [5, 5.41) is 10.6. The van der Waals surface area contributed by atoms with E-state index in [0.717, 1.165) is 52.6 Å². The van der Waals surface area contributed by atoms with Crippen LogP contribution in [0, 0.1) is 0 Å². The number of ether oxygens (including phenoxy) is 1. The number of hydrogen-bond donors (Lipinski definition) is 1. The molecule has 9 nitrogen and oxygen atoms in total. The Morgan fingerprint density at radius 2 is 1.95 bits per heavy atom. The molecule has 42 heavy (non-hydrogen) atoms. The van der Waals surface area contributed by atoms with Gasteiger partial charge in [-0.05, 0) is 61.0 Å². The second-order valence-corrected chi connectivity index (χ2v) is 10.9. The standard InChI is InChI=1S/C31H28Cl2N6O3/c1-2-38-19-34-14-24(38)16-39-28-12-20(31(40)41)6-8-27(28)36-30(39)17-37-11-10-21(15-37)26-5-3-4-23(35-26)18-42-29-9-7-22(32)13-25(29)33/h3-10,12-14,19H,2,11,15-18H2,1H3,(H,40,41). The van der Waals surface area contributed by atoms with Gasteiger partial charge in [0.15, 0.2) is 0 Å². The van der Waals surface area contributed by atoms with Crippen molar-refractivity contribution in [1.82, 2.24) is 29.0 Å². The van der Waals surface area contributed by atoms with Crippen LogP contribution in [0.15, 0.2) is 73.2 Å². The highest BCUT2D eigenvalue weighted by molar-refractivity contribution is 6.35. The van der Waals surface area contributed by atoms with Gasteiger partial charge < -0.3 is 19.0 Å². The number of pyridine rings is 1. The Kier molecular flexibility index (Phi) is 7.97. The van der Waals surface area contributed by atoms with Gasteiger partial charge in [0.05, 0.1) is 58.1 Å². The summed E-state index contributed by atoms with van der Waals surface area (Å²) in [6.45, 7) is 5.72. The molecule has 1 aliphatic heterocycles. The van der Waals surface area contributed by atoms with Crippen LogP contribution in [0.3, 0.4) is 0 Å². The number of carboxylic acids is 1. The molecule has 0 radical (unpaired) electrons. The van der Waals surface area contributed by atoms with Crippen molar-refractivity contribution in [3.8, 4) is 5.75 Å². The smallest absolute Gasteiger partial charge is 0.335 e. The molecule has 0 saturated heterocycles. The van der Waals surface area contributed by atoms with Gasteiger partial charge in [-0.15, -0.1) is 0 Å². The highest BCUT2D eigenvalue weighted by Gasteiger charge is 2.21. The van der Waals surface area contributed by atoms with Crippen LogP contribution in [0.2, 0.25) is 10.0 Å². The van der Waals surface area contributed by atoms with Crippen molar-refractivity contribution in [3.63, 3.8) is 0 Å². The third-order valence-corrected chi connectivity index (χ3v) is 7.82. The van der Waals surface area contributed by atoms with Crippen LogP contribution in [-0.4, -0.2) is 53.2 Å². The molecule has 11 heteroatoms. The Bertz CT molecular complexity index is 1810. The Balaban J connectivity index is 1.19. The molecule has 0 unspecified atom stereocenters. The normalized spacial score (nSPS) is 13.5. The van der Waals surface area contributed by atoms with Crippen molar-refractivity contribution in [2.24, 2.45) is 0 Å². The number of imidazole rings is 2. The van der Waals surface area contributed by atoms with Crippen LogP contribution in [0.4, 0.5) is 0 Å². The third kappa shape index (κ3) is 5.90. The minimum atomic E-state index is -0.963. The molecule has 0 aliphatic carbocycles. The molecule has 214 valence electrons. The molecule has 0 amide bonds. The first-order valence-corrected chi connectivity index (χ1v) is 14.3. The molecule has 1 N–H and O–H groups in total. The lowest BCUT2D eigenvalue weighted by Gasteiger charge is -2.17. The van der Waals surface area contributed by atoms with Gasteiger partial charge in [0.2, 0.25) is 0 Å². The zero-order valence-corrected chi connectivity index (χ0v) is 24.4. The van der Waals surface area contributed by atoms with Gasteiger partial charge in [-0.3, -0.25) is 4.90 Å². The van der Waals surface area contributed by atoms with E-state index in [1.54, 1.807) is 36.4 Å². The summed E-state index contributed by atoms with van der Waals surface area (Å²) in [4.78, 5) is 28.1. The molecule has 0 spiro atoms. The molecular weight excluding hydrogens is 575 g/mol. The van der Waals surface area contributed by atoms with Crippen molar-refractivity contribution < 1.29 is 14.6 Å². The minimum Gasteiger partial charge on any atom is -0.486 e. The SMILES string of the molecule is CCn1cncc1Cn1c(CN2CC=C(c3cccc(COc4ccc(Cl)cc4Cl)n3)C2)nc2ccc(C(=O)O)cc21. The van der Waals surface area contributed by atoms with E-state index in [-0.39, 0.29) is 12.2 Å². The lowest BCUT2D eigenvalue weighted by Crippen LogP contribution is -2.23. The van der Waals surface area contributed by atoms with Gasteiger partial charge in [0.1, 0.15) is 18.2 Å². The number of fused-ring (bicyclic) bond motifs is 1. The molecule has 5 aromatic rings. The average Bonchev–Trinajstić information content (AvgIpc) is 3.72. The number of hydrogen-bond acceptors (Lipinski definition) is 6. The number of carbonyl (C=O) groups is 1. The first-order valence-electron chi connectivity index (χ1n) is 13.5. The highest BCUT2D eigenvalue weighted by Crippen LogP contribution is 2.29. The van der Waals surface area contributed by atoms with Crippen LogP contribution in [0.1, 0.15) is 40.2 Å². The molecule has 0 bridgehead atoms. The van der Waals surface area contributed by atoms with E-state index < -0.39 is 5.97 Å². The number of benzene rings is 2. The van der Waals surface area contributed by atoms with Crippen LogP contribution < -0.4 is 4.74 Å². The van der Waals surface area contributed by atoms with Gasteiger partial charge in [0.25, 0.3) is 0 Å². The van der Waals surface area contributed by atoms with E-state index in [1.807, 2.05) is 30.7 Å². The summed E-state index contributed by atoms with van der Waals surface area (Å²) in [6.07, 6.45) is 5.84. The molecule has 0 atom stereocenters. The second-order valence-electron chi connectivity index (χ2n) is 10.1. The molecule has 6 rings (SSSR count). The van der Waals surface area contributed by atoms with Crippen LogP contribution in [-0.2, 0) is 26.2 Å². The summed E-state index contributed by atoms with van der Waals surface area (Å²) in [5.74, 6) is 0.454. The van der Waals surface area contributed by atoms with E-state index in [2.05, 4.69) is 32.0 Å². The Morgan fingerprint density at radius 1 is 1.07 bits per heavy atom. The van der Waals surface area contributed by atoms with Gasteiger partial charge in [-0.25, -0.2) is 19.7 Å². The molecule has 0 saturated carbocycles. The zero-order valence-electron chi connectivity index (χ0n) is 22.9. The van der Waals surface area contributed by atoms with Crippen molar-refractivity contribution in [2.45, 2.75) is 33.2 Å². The topological polar surface area (TPSA) is 98.3 Å².